The van der Waals surface area contributed by atoms with Crippen molar-refractivity contribution in [2.24, 2.45) is 0 Å². The third kappa shape index (κ3) is 10.9. The summed E-state index contributed by atoms with van der Waals surface area (Å²) in [5.74, 6) is 2.00. The number of hydrogen-bond donors (Lipinski definition) is 0. The van der Waals surface area contributed by atoms with Gasteiger partial charge in [-0.15, -0.1) is 17.5 Å². The van der Waals surface area contributed by atoms with Gasteiger partial charge in [-0.1, -0.05) is 68.4 Å². The second-order valence-electron chi connectivity index (χ2n) is 10.0. The molecule has 0 saturated heterocycles. The Hall–Kier alpha value is -2.56. The third-order valence-corrected chi connectivity index (χ3v) is 7.87. The molecule has 4 aromatic rings. The number of pyridine rings is 2. The highest BCUT2D eigenvalue weighted by molar-refractivity contribution is 14.1. The van der Waals surface area contributed by atoms with Gasteiger partial charge in [0, 0.05) is 0 Å². The normalized spacial score (nSPS) is 10.7. The van der Waals surface area contributed by atoms with Crippen LogP contribution in [0, 0.1) is 38.9 Å². The molecule has 0 aliphatic rings. The summed E-state index contributed by atoms with van der Waals surface area (Å²) in [5, 5.41) is 9.10. The first-order chi connectivity index (χ1) is 18.1. The van der Waals surface area contributed by atoms with Crippen LogP contribution in [0.15, 0.2) is 49.1 Å². The van der Waals surface area contributed by atoms with Gasteiger partial charge in [-0.3, -0.25) is 0 Å². The van der Waals surface area contributed by atoms with E-state index >= 15 is 0 Å². The first kappa shape index (κ1) is 32.7. The number of nitrogens with zero attached hydrogens (tertiary/aromatic N) is 6. The number of halogens is 5. The number of hydrogen-bond acceptors (Lipinski definition) is 4. The highest BCUT2D eigenvalue weighted by Crippen LogP contribution is 2.21. The fraction of sp³-hybridized carbons (Fsp3) is 0.231. The van der Waals surface area contributed by atoms with Crippen LogP contribution in [0.3, 0.4) is 0 Å². The van der Waals surface area contributed by atoms with E-state index in [0.717, 1.165) is 3.57 Å². The van der Waals surface area contributed by atoms with Crippen molar-refractivity contribution in [3.63, 3.8) is 0 Å². The first-order valence-electron chi connectivity index (χ1n) is 11.5. The van der Waals surface area contributed by atoms with E-state index in [1.165, 1.54) is 33.9 Å². The quantitative estimate of drug-likeness (QED) is 0.0937. The van der Waals surface area contributed by atoms with Crippen molar-refractivity contribution in [1.82, 2.24) is 29.5 Å². The molecule has 0 spiro atoms. The van der Waals surface area contributed by atoms with Crippen LogP contribution in [0.5, 0.6) is 0 Å². The van der Waals surface area contributed by atoms with Crippen LogP contribution in [-0.4, -0.2) is 45.7 Å². The van der Waals surface area contributed by atoms with E-state index < -0.39 is 28.0 Å². The van der Waals surface area contributed by atoms with Gasteiger partial charge in [0.1, 0.15) is 26.5 Å². The molecule has 4 rings (SSSR count). The molecule has 0 amide bonds. The van der Waals surface area contributed by atoms with Gasteiger partial charge in [-0.25, -0.2) is 19.3 Å². The Balaban J connectivity index is 0.000000234. The summed E-state index contributed by atoms with van der Waals surface area (Å²) in [6.45, 7) is 12.9. The lowest BCUT2D eigenvalue weighted by atomic mass is 10.4. The Kier molecular flexibility index (Phi) is 11.9. The summed E-state index contributed by atoms with van der Waals surface area (Å²) >= 11 is 14.2. The lowest BCUT2D eigenvalue weighted by Gasteiger charge is -2.03. The van der Waals surface area contributed by atoms with Crippen LogP contribution in [0.4, 0.5) is 8.78 Å². The zero-order valence-corrected chi connectivity index (χ0v) is 27.9. The molecule has 39 heavy (non-hydrogen) atoms. The number of terminal acetylenes is 1. The smallest absolute Gasteiger partial charge is 0.212 e. The van der Waals surface area contributed by atoms with Gasteiger partial charge in [0.2, 0.25) is 11.9 Å². The van der Waals surface area contributed by atoms with Crippen molar-refractivity contribution in [3.8, 4) is 34.8 Å². The van der Waals surface area contributed by atoms with Crippen molar-refractivity contribution in [3.05, 3.63) is 80.4 Å². The summed E-state index contributed by atoms with van der Waals surface area (Å²) < 4.78 is 29.1. The zero-order chi connectivity index (χ0) is 29.4. The van der Waals surface area contributed by atoms with Gasteiger partial charge in [0.25, 0.3) is 0 Å². The van der Waals surface area contributed by atoms with Crippen LogP contribution in [0.1, 0.15) is 5.56 Å². The first-order valence-corrected chi connectivity index (χ1v) is 20.3. The Bertz CT molecular complexity index is 1490. The van der Waals surface area contributed by atoms with Gasteiger partial charge in [-0.05, 0) is 46.9 Å². The molecule has 0 N–H and O–H groups in total. The van der Waals surface area contributed by atoms with E-state index in [1.54, 1.807) is 24.5 Å². The summed E-state index contributed by atoms with van der Waals surface area (Å²) in [7, 11) is -2.56. The number of rotatable bonds is 2. The topological polar surface area (TPSA) is 61.4 Å². The van der Waals surface area contributed by atoms with Crippen molar-refractivity contribution < 1.29 is 8.78 Å². The molecule has 4 aromatic heterocycles. The molecule has 0 bridgehead atoms. The Morgan fingerprint density at radius 2 is 1.23 bits per heavy atom. The lowest BCUT2D eigenvalue weighted by molar-refractivity contribution is 0.582. The molecule has 0 unspecified atom stereocenters. The second-order valence-corrected chi connectivity index (χ2v) is 21.4. The monoisotopic (exact) mass is 714 g/mol. The molecule has 4 heterocycles. The summed E-state index contributed by atoms with van der Waals surface area (Å²) in [4.78, 5) is 7.09. The molecule has 13 heteroatoms. The fourth-order valence-corrected chi connectivity index (χ4v) is 3.62. The van der Waals surface area contributed by atoms with Gasteiger partial charge < -0.3 is 0 Å². The third-order valence-electron chi connectivity index (χ3n) is 4.30. The van der Waals surface area contributed by atoms with Crippen molar-refractivity contribution in [1.29, 1.82) is 0 Å². The van der Waals surface area contributed by atoms with Gasteiger partial charge in [0.15, 0.2) is 0 Å². The predicted molar refractivity (Wildman–Crippen MR) is 168 cm³/mol. The second kappa shape index (κ2) is 14.2. The largest absolute Gasteiger partial charge is 0.226 e. The molecule has 0 atom stereocenters. The maximum atomic E-state index is 12.8. The summed E-state index contributed by atoms with van der Waals surface area (Å²) in [6.07, 6.45) is 11.1. The highest BCUT2D eigenvalue weighted by Gasteiger charge is 2.12. The maximum absolute atomic E-state index is 12.8. The molecule has 6 nitrogen and oxygen atoms in total. The van der Waals surface area contributed by atoms with E-state index in [9.17, 15) is 8.78 Å². The van der Waals surface area contributed by atoms with Crippen molar-refractivity contribution >= 4 is 61.9 Å². The van der Waals surface area contributed by atoms with Crippen LogP contribution in [0.25, 0.3) is 11.4 Å². The minimum atomic E-state index is -1.46. The van der Waals surface area contributed by atoms with Gasteiger partial charge in [0.05, 0.1) is 45.3 Å². The lowest BCUT2D eigenvalue weighted by Crippen LogP contribution is -2.16. The van der Waals surface area contributed by atoms with Gasteiger partial charge >= 0.3 is 0 Å². The molecule has 0 aromatic carbocycles. The molecule has 0 aliphatic carbocycles. The van der Waals surface area contributed by atoms with E-state index in [-0.39, 0.29) is 0 Å². The predicted octanol–water partition coefficient (Wildman–Crippen LogP) is 7.45. The van der Waals surface area contributed by atoms with E-state index in [4.69, 9.17) is 29.6 Å². The fourth-order valence-electron chi connectivity index (χ4n) is 2.33. The summed E-state index contributed by atoms with van der Waals surface area (Å²) in [5.41, 5.74) is 7.89. The van der Waals surface area contributed by atoms with Gasteiger partial charge in [-0.2, -0.15) is 19.0 Å². The molecule has 0 fully saturated rings. The molecule has 0 radical (unpaired) electrons. The molecular weight excluding hydrogens is 688 g/mol. The number of aromatic nitrogens is 6. The average Bonchev–Trinajstić information content (AvgIpc) is 3.40. The Morgan fingerprint density at radius 1 is 0.769 bits per heavy atom. The summed E-state index contributed by atoms with van der Waals surface area (Å²) in [6, 6.07) is 5.66. The van der Waals surface area contributed by atoms with Crippen molar-refractivity contribution in [2.45, 2.75) is 39.3 Å². The zero-order valence-electron chi connectivity index (χ0n) is 22.3. The Morgan fingerprint density at radius 3 is 1.59 bits per heavy atom. The minimum absolute atomic E-state index is 0.416. The van der Waals surface area contributed by atoms with Crippen LogP contribution >= 0.6 is 45.8 Å². The average molecular weight is 716 g/mol. The molecule has 0 aliphatic heterocycles. The molecular formula is C26H27Cl2F2IN6Si2. The van der Waals surface area contributed by atoms with Crippen molar-refractivity contribution in [2.75, 3.05) is 0 Å². The Labute approximate surface area is 253 Å². The molecule has 0 saturated carbocycles. The molecule has 204 valence electrons. The van der Waals surface area contributed by atoms with E-state index in [1.807, 2.05) is 0 Å². The SMILES string of the molecule is C#C[Si](C)(C)C.C[Si](C)(C)C#Cc1cnn(-c2ccc(F)nc2)c1Cl.Fc1ccc(-n2ncc(I)c2Cl)cn1. The standard InChI is InChI=1S/C13H13ClFN3Si.C8H4ClFIN3.C5H10Si/c1-19(2,3)7-6-10-8-17-18(13(10)14)11-4-5-12(15)16-9-11;9-8-6(11)4-13-14(8)5-1-2-7(10)12-3-5;1-5-6(2,3)4/h4-5,8-9H,1-3H3;1-4H;1H,2-4H3. The van der Waals surface area contributed by atoms with E-state index in [2.05, 4.69) is 99.0 Å². The minimum Gasteiger partial charge on any atom is -0.226 e. The van der Waals surface area contributed by atoms with E-state index in [0.29, 0.717) is 27.2 Å². The maximum Gasteiger partial charge on any atom is 0.212 e. The van der Waals surface area contributed by atoms with Crippen LogP contribution in [0.2, 0.25) is 49.6 Å². The van der Waals surface area contributed by atoms with Crippen LogP contribution in [-0.2, 0) is 0 Å². The highest BCUT2D eigenvalue weighted by atomic mass is 127. The van der Waals surface area contributed by atoms with Crippen LogP contribution < -0.4 is 0 Å².